The molecule has 0 spiro atoms. The van der Waals surface area contributed by atoms with Crippen molar-refractivity contribution in [1.82, 2.24) is 0 Å². The maximum Gasteiger partial charge on any atom is 0.330 e. The summed E-state index contributed by atoms with van der Waals surface area (Å²) in [6.07, 6.45) is 2.33. The number of rotatable bonds is 42. The Kier molecular flexibility index (Phi) is 39.2. The summed E-state index contributed by atoms with van der Waals surface area (Å²) in [7, 11) is 0. The highest BCUT2D eigenvalue weighted by Gasteiger charge is 2.04. The van der Waals surface area contributed by atoms with Crippen LogP contribution in [0.25, 0.3) is 0 Å². The fraction of sp³-hybridized carbons (Fsp3) is 0.848. The molecular weight excluding hydrogens is 668 g/mol. The summed E-state index contributed by atoms with van der Waals surface area (Å²) in [4.78, 5) is 32.7. The van der Waals surface area contributed by atoms with Crippen molar-refractivity contribution in [3.8, 4) is 0 Å². The Morgan fingerprint density at radius 1 is 0.380 bits per heavy atom. The maximum atomic E-state index is 11.5. The Bertz CT molecular complexity index is 771. The van der Waals surface area contributed by atoms with E-state index in [1.807, 2.05) is 0 Å². The van der Waals surface area contributed by atoms with E-state index in [4.69, 9.17) is 66.7 Å². The van der Waals surface area contributed by atoms with Crippen LogP contribution < -0.4 is 0 Å². The van der Waals surface area contributed by atoms with Crippen LogP contribution >= 0.6 is 0 Å². The van der Waals surface area contributed by atoms with E-state index in [9.17, 15) is 14.4 Å². The second kappa shape index (κ2) is 41.1. The number of carboxylic acid groups (broad SMARTS) is 1. The topological polar surface area (TPSA) is 191 Å². The van der Waals surface area contributed by atoms with Crippen molar-refractivity contribution in [1.29, 1.82) is 0 Å². The highest BCUT2D eigenvalue weighted by Crippen LogP contribution is 2.01. The minimum atomic E-state index is -0.867. The molecule has 0 rings (SSSR count). The third-order valence-corrected chi connectivity index (χ3v) is 5.87. The van der Waals surface area contributed by atoms with E-state index in [1.165, 1.54) is 0 Å². The molecule has 0 unspecified atom stereocenters. The van der Waals surface area contributed by atoms with E-state index in [1.54, 1.807) is 0 Å². The molecule has 0 aromatic rings. The molecular formula is C33H60O17. The van der Waals surface area contributed by atoms with Crippen LogP contribution in [-0.4, -0.2) is 182 Å². The van der Waals surface area contributed by atoms with Gasteiger partial charge in [-0.15, -0.1) is 0 Å². The molecule has 50 heavy (non-hydrogen) atoms. The van der Waals surface area contributed by atoms with Crippen LogP contribution in [0.5, 0.6) is 0 Å². The Morgan fingerprint density at radius 2 is 0.620 bits per heavy atom. The van der Waals surface area contributed by atoms with E-state index in [2.05, 4.69) is 6.58 Å². The first-order chi connectivity index (χ1) is 24.6. The zero-order chi connectivity index (χ0) is 36.4. The lowest BCUT2D eigenvalue weighted by molar-refractivity contribution is -0.146. The molecule has 0 aliphatic carbocycles. The van der Waals surface area contributed by atoms with Gasteiger partial charge >= 0.3 is 17.9 Å². The molecule has 0 saturated heterocycles. The number of hydrogen-bond acceptors (Lipinski definition) is 16. The van der Waals surface area contributed by atoms with Gasteiger partial charge in [0.05, 0.1) is 145 Å². The third kappa shape index (κ3) is 41.9. The highest BCUT2D eigenvalue weighted by atomic mass is 16.6. The quantitative estimate of drug-likeness (QED) is 0.0533. The summed E-state index contributed by atoms with van der Waals surface area (Å²) in [6, 6.07) is 0. The lowest BCUT2D eigenvalue weighted by Gasteiger charge is -2.09. The summed E-state index contributed by atoms with van der Waals surface area (Å²) in [5.41, 5.74) is 0. The van der Waals surface area contributed by atoms with Gasteiger partial charge in [-0.3, -0.25) is 9.59 Å². The number of esters is 2. The number of carbonyl (C=O) groups is 3. The number of hydrogen-bond donors (Lipinski definition) is 1. The van der Waals surface area contributed by atoms with Crippen molar-refractivity contribution in [2.24, 2.45) is 0 Å². The lowest BCUT2D eigenvalue weighted by atomic mass is 10.2. The van der Waals surface area contributed by atoms with Crippen LogP contribution in [0, 0.1) is 0 Å². The smallest absolute Gasteiger partial charge is 0.330 e. The van der Waals surface area contributed by atoms with E-state index >= 15 is 0 Å². The van der Waals surface area contributed by atoms with E-state index in [0.717, 1.165) is 6.08 Å². The molecule has 0 saturated carbocycles. The predicted molar refractivity (Wildman–Crippen MR) is 177 cm³/mol. The third-order valence-electron chi connectivity index (χ3n) is 5.87. The predicted octanol–water partition coefficient (Wildman–Crippen LogP) is 1.09. The number of aliphatic carboxylic acids is 1. The van der Waals surface area contributed by atoms with Gasteiger partial charge in [-0.1, -0.05) is 6.58 Å². The lowest BCUT2D eigenvalue weighted by Crippen LogP contribution is -2.16. The summed E-state index contributed by atoms with van der Waals surface area (Å²) >= 11 is 0. The summed E-state index contributed by atoms with van der Waals surface area (Å²) in [6.45, 7) is 13.3. The van der Waals surface area contributed by atoms with Gasteiger partial charge in [0.2, 0.25) is 0 Å². The second-order valence-electron chi connectivity index (χ2n) is 9.93. The fourth-order valence-electron chi connectivity index (χ4n) is 3.39. The van der Waals surface area contributed by atoms with Crippen molar-refractivity contribution < 1.29 is 81.1 Å². The van der Waals surface area contributed by atoms with Crippen LogP contribution in [0.2, 0.25) is 0 Å². The summed E-state index contributed by atoms with van der Waals surface area (Å²) in [5, 5.41) is 8.55. The van der Waals surface area contributed by atoms with Gasteiger partial charge in [-0.2, -0.15) is 0 Å². The van der Waals surface area contributed by atoms with E-state index in [-0.39, 0.29) is 38.6 Å². The van der Waals surface area contributed by atoms with Crippen molar-refractivity contribution >= 4 is 17.9 Å². The fourth-order valence-corrected chi connectivity index (χ4v) is 3.39. The first-order valence-corrected chi connectivity index (χ1v) is 17.1. The first kappa shape index (κ1) is 47.7. The molecule has 0 fully saturated rings. The number of carbonyl (C=O) groups excluding carboxylic acids is 2. The van der Waals surface area contributed by atoms with Crippen molar-refractivity contribution in [3.05, 3.63) is 12.7 Å². The summed E-state index contributed by atoms with van der Waals surface area (Å²) < 4.78 is 69.3. The second-order valence-corrected chi connectivity index (χ2v) is 9.93. The molecule has 0 atom stereocenters. The molecule has 17 nitrogen and oxygen atoms in total. The number of ether oxygens (including phenoxy) is 13. The molecule has 0 amide bonds. The molecule has 0 radical (unpaired) electrons. The molecule has 0 aliphatic heterocycles. The van der Waals surface area contributed by atoms with Gasteiger partial charge in [-0.05, 0) is 12.8 Å². The molecule has 17 heteroatoms. The van der Waals surface area contributed by atoms with Crippen molar-refractivity contribution in [3.63, 3.8) is 0 Å². The van der Waals surface area contributed by atoms with Crippen LogP contribution in [0.3, 0.4) is 0 Å². The van der Waals surface area contributed by atoms with Crippen LogP contribution in [0.4, 0.5) is 0 Å². The van der Waals surface area contributed by atoms with Crippen LogP contribution in [-0.2, 0) is 76.0 Å². The van der Waals surface area contributed by atoms with Crippen molar-refractivity contribution in [2.45, 2.75) is 25.7 Å². The van der Waals surface area contributed by atoms with Gasteiger partial charge in [0.1, 0.15) is 13.2 Å². The average molecular weight is 729 g/mol. The summed E-state index contributed by atoms with van der Waals surface area (Å²) in [5.74, 6) is -1.69. The Balaban J connectivity index is 3.11. The largest absolute Gasteiger partial charge is 0.481 e. The van der Waals surface area contributed by atoms with Gasteiger partial charge in [0.15, 0.2) is 0 Å². The Labute approximate surface area is 295 Å². The van der Waals surface area contributed by atoms with Gasteiger partial charge < -0.3 is 66.7 Å². The van der Waals surface area contributed by atoms with Gasteiger partial charge in [0.25, 0.3) is 0 Å². The van der Waals surface area contributed by atoms with Gasteiger partial charge in [-0.25, -0.2) is 4.79 Å². The minimum absolute atomic E-state index is 0.0558. The zero-order valence-corrected chi connectivity index (χ0v) is 29.6. The molecule has 0 bridgehead atoms. The van der Waals surface area contributed by atoms with Gasteiger partial charge in [0, 0.05) is 18.9 Å². The normalized spacial score (nSPS) is 11.1. The monoisotopic (exact) mass is 728 g/mol. The van der Waals surface area contributed by atoms with Crippen molar-refractivity contribution in [2.75, 3.05) is 159 Å². The average Bonchev–Trinajstić information content (AvgIpc) is 3.11. The number of carboxylic acids is 1. The zero-order valence-electron chi connectivity index (χ0n) is 29.6. The molecule has 0 aliphatic rings. The SMILES string of the molecule is C=CC(=O)OCCOCCOCCOCCOCCOCCOCCOCCOCCOCCOCCOCCOC(=O)CCCCC(=O)O. The van der Waals surface area contributed by atoms with Crippen LogP contribution in [0.1, 0.15) is 25.7 Å². The molecule has 1 N–H and O–H groups in total. The minimum Gasteiger partial charge on any atom is -0.481 e. The molecule has 0 heterocycles. The van der Waals surface area contributed by atoms with E-state index in [0.29, 0.717) is 152 Å². The first-order valence-electron chi connectivity index (χ1n) is 17.1. The van der Waals surface area contributed by atoms with E-state index < -0.39 is 11.9 Å². The highest BCUT2D eigenvalue weighted by molar-refractivity contribution is 5.81. The molecule has 294 valence electrons. The standard InChI is InChI=1S/C33H60O17/c1-2-32(36)49-29-27-47-25-23-45-21-19-43-17-15-41-13-11-39-9-7-38-8-10-40-12-14-42-16-18-44-20-22-46-24-26-48-28-30-50-33(37)6-4-3-5-31(34)35/h2H,1,3-30H2,(H,34,35). The maximum absolute atomic E-state index is 11.5. The Morgan fingerprint density at radius 3 is 0.880 bits per heavy atom. The number of unbranched alkanes of at least 4 members (excludes halogenated alkanes) is 1. The Hall–Kier alpha value is -2.29. The van der Waals surface area contributed by atoms with Crippen LogP contribution in [0.15, 0.2) is 12.7 Å². The molecule has 0 aromatic heterocycles. The molecule has 0 aromatic carbocycles.